The van der Waals surface area contributed by atoms with E-state index in [1.54, 1.807) is 4.90 Å². The Morgan fingerprint density at radius 1 is 1.28 bits per heavy atom. The number of carbonyl (C=O) groups excluding carboxylic acids is 1. The smallest absolute Gasteiger partial charge is 0.426 e. The zero-order valence-corrected chi connectivity index (χ0v) is 10.7. The molecule has 2 rings (SSSR count). The summed E-state index contributed by atoms with van der Waals surface area (Å²) in [5, 5.41) is 9.94. The molecule has 0 saturated heterocycles. The first-order chi connectivity index (χ1) is 8.26. The summed E-state index contributed by atoms with van der Waals surface area (Å²) in [5.41, 5.74) is 3.94. The van der Waals surface area contributed by atoms with Gasteiger partial charge in [0.05, 0.1) is 18.8 Å². The molecule has 7 heteroatoms. The van der Waals surface area contributed by atoms with Crippen LogP contribution in [0.1, 0.15) is 20.8 Å². The second kappa shape index (κ2) is 4.08. The molecule has 2 aliphatic rings. The van der Waals surface area contributed by atoms with E-state index < -0.39 is 11.7 Å². The summed E-state index contributed by atoms with van der Waals surface area (Å²) in [7, 11) is 0. The van der Waals surface area contributed by atoms with E-state index >= 15 is 0 Å². The maximum Gasteiger partial charge on any atom is 0.426 e. The minimum absolute atomic E-state index is 0.296. The number of hydrazine groups is 1. The topological polar surface area (TPSA) is 82.1 Å². The van der Waals surface area contributed by atoms with Gasteiger partial charge in [-0.15, -0.1) is 0 Å². The number of nitrogens with one attached hydrogen (secondary N) is 1. The third-order valence-electron chi connectivity index (χ3n) is 2.66. The van der Waals surface area contributed by atoms with Gasteiger partial charge in [-0.1, -0.05) is 0 Å². The van der Waals surface area contributed by atoms with Crippen LogP contribution in [-0.4, -0.2) is 52.4 Å². The highest BCUT2D eigenvalue weighted by Gasteiger charge is 2.35. The number of hydrogen-bond donors (Lipinski definition) is 2. The molecular formula is C11H17N3O4. The lowest BCUT2D eigenvalue weighted by atomic mass is 10.2. The number of rotatable bonds is 0. The van der Waals surface area contributed by atoms with Crippen molar-refractivity contribution in [3.63, 3.8) is 0 Å². The molecule has 7 nitrogen and oxygen atoms in total. The van der Waals surface area contributed by atoms with Gasteiger partial charge in [-0.2, -0.15) is 0 Å². The van der Waals surface area contributed by atoms with E-state index in [4.69, 9.17) is 9.84 Å². The highest BCUT2D eigenvalue weighted by molar-refractivity contribution is 5.71. The Kier molecular flexibility index (Phi) is 2.84. The monoisotopic (exact) mass is 255 g/mol. The summed E-state index contributed by atoms with van der Waals surface area (Å²) in [5.74, 6) is 0. The predicted molar refractivity (Wildman–Crippen MR) is 62.7 cm³/mol. The number of carbonyl (C=O) groups is 2. The van der Waals surface area contributed by atoms with Crippen molar-refractivity contribution >= 4 is 12.2 Å². The summed E-state index contributed by atoms with van der Waals surface area (Å²) in [6.07, 6.45) is -1.39. The first-order valence-corrected chi connectivity index (χ1v) is 5.72. The van der Waals surface area contributed by atoms with Gasteiger partial charge < -0.3 is 9.84 Å². The van der Waals surface area contributed by atoms with E-state index in [0.717, 1.165) is 16.3 Å². The van der Waals surface area contributed by atoms with Gasteiger partial charge in [-0.25, -0.2) is 14.6 Å². The fourth-order valence-electron chi connectivity index (χ4n) is 1.91. The number of nitrogens with zero attached hydrogens (tertiary/aromatic N) is 2. The van der Waals surface area contributed by atoms with Crippen molar-refractivity contribution in [1.82, 2.24) is 15.3 Å². The molecular weight excluding hydrogens is 238 g/mol. The summed E-state index contributed by atoms with van der Waals surface area (Å²) in [6, 6.07) is 0. The summed E-state index contributed by atoms with van der Waals surface area (Å²) >= 11 is 0. The minimum Gasteiger partial charge on any atom is -0.464 e. The lowest BCUT2D eigenvalue weighted by Crippen LogP contribution is -2.43. The molecule has 0 unspecified atom stereocenters. The van der Waals surface area contributed by atoms with Gasteiger partial charge in [0.25, 0.3) is 0 Å². The molecule has 0 aromatic rings. The SMILES string of the molecule is CC(C)(C)OC(=O)N1CC2=C(C1)NN(C(=O)O)C2. The van der Waals surface area contributed by atoms with E-state index in [1.807, 2.05) is 20.8 Å². The Morgan fingerprint density at radius 3 is 2.44 bits per heavy atom. The summed E-state index contributed by atoms with van der Waals surface area (Å²) in [6.45, 7) is 6.52. The third-order valence-corrected chi connectivity index (χ3v) is 2.66. The van der Waals surface area contributed by atoms with Gasteiger partial charge in [0, 0.05) is 6.54 Å². The zero-order valence-electron chi connectivity index (χ0n) is 10.7. The molecule has 0 aromatic heterocycles. The van der Waals surface area contributed by atoms with Crippen molar-refractivity contribution < 1.29 is 19.4 Å². The van der Waals surface area contributed by atoms with Gasteiger partial charge in [0.1, 0.15) is 5.60 Å². The van der Waals surface area contributed by atoms with Crippen LogP contribution < -0.4 is 5.43 Å². The lowest BCUT2D eigenvalue weighted by Gasteiger charge is -2.26. The van der Waals surface area contributed by atoms with Crippen LogP contribution in [-0.2, 0) is 4.74 Å². The molecule has 0 fully saturated rings. The van der Waals surface area contributed by atoms with E-state index in [9.17, 15) is 9.59 Å². The molecule has 2 N–H and O–H groups in total. The molecule has 2 aliphatic heterocycles. The normalized spacial score (nSPS) is 18.8. The second-order valence-corrected chi connectivity index (χ2v) is 5.40. The Hall–Kier alpha value is -1.92. The maximum absolute atomic E-state index is 11.8. The molecule has 0 saturated carbocycles. The van der Waals surface area contributed by atoms with Crippen LogP contribution in [0.5, 0.6) is 0 Å². The van der Waals surface area contributed by atoms with Crippen molar-refractivity contribution in [2.45, 2.75) is 26.4 Å². The number of hydrogen-bond acceptors (Lipinski definition) is 4. The quantitative estimate of drug-likeness (QED) is 0.674. The maximum atomic E-state index is 11.8. The molecule has 0 aromatic carbocycles. The minimum atomic E-state index is -1.02. The Balaban J connectivity index is 1.90. The van der Waals surface area contributed by atoms with Gasteiger partial charge >= 0.3 is 12.2 Å². The molecule has 100 valence electrons. The molecule has 0 bridgehead atoms. The van der Waals surface area contributed by atoms with Crippen LogP contribution in [0.4, 0.5) is 9.59 Å². The Morgan fingerprint density at radius 2 is 1.94 bits per heavy atom. The number of carboxylic acid groups (broad SMARTS) is 1. The Labute approximate surface area is 105 Å². The lowest BCUT2D eigenvalue weighted by molar-refractivity contribution is 0.0289. The first-order valence-electron chi connectivity index (χ1n) is 5.72. The Bertz CT molecular complexity index is 406. The fourth-order valence-corrected chi connectivity index (χ4v) is 1.91. The summed E-state index contributed by atoms with van der Waals surface area (Å²) < 4.78 is 5.26. The molecule has 2 heterocycles. The highest BCUT2D eigenvalue weighted by atomic mass is 16.6. The van der Waals surface area contributed by atoms with E-state index in [2.05, 4.69) is 5.43 Å². The fraction of sp³-hybridized carbons (Fsp3) is 0.636. The van der Waals surface area contributed by atoms with Gasteiger partial charge in [0.15, 0.2) is 0 Å². The largest absolute Gasteiger partial charge is 0.464 e. The second-order valence-electron chi connectivity index (χ2n) is 5.40. The molecule has 0 spiro atoms. The van der Waals surface area contributed by atoms with Crippen LogP contribution in [0.15, 0.2) is 11.3 Å². The standard InChI is InChI=1S/C11H17N3O4/c1-11(2,3)18-10(17)13-4-7-5-14(9(15)16)12-8(7)6-13/h12H,4-6H2,1-3H3,(H,15,16). The van der Waals surface area contributed by atoms with E-state index in [-0.39, 0.29) is 6.09 Å². The zero-order chi connectivity index (χ0) is 13.5. The van der Waals surface area contributed by atoms with Crippen LogP contribution in [0.25, 0.3) is 0 Å². The highest BCUT2D eigenvalue weighted by Crippen LogP contribution is 2.23. The van der Waals surface area contributed by atoms with E-state index in [1.165, 1.54) is 0 Å². The van der Waals surface area contributed by atoms with Gasteiger partial charge in [0.2, 0.25) is 0 Å². The van der Waals surface area contributed by atoms with Crippen molar-refractivity contribution in [3.8, 4) is 0 Å². The van der Waals surface area contributed by atoms with Crippen molar-refractivity contribution in [3.05, 3.63) is 11.3 Å². The van der Waals surface area contributed by atoms with Crippen molar-refractivity contribution in [2.75, 3.05) is 19.6 Å². The van der Waals surface area contributed by atoms with Gasteiger partial charge in [-0.3, -0.25) is 10.3 Å². The molecule has 18 heavy (non-hydrogen) atoms. The average Bonchev–Trinajstić information content (AvgIpc) is 2.69. The van der Waals surface area contributed by atoms with Crippen molar-refractivity contribution in [2.24, 2.45) is 0 Å². The van der Waals surface area contributed by atoms with Crippen LogP contribution in [0.3, 0.4) is 0 Å². The number of amides is 2. The van der Waals surface area contributed by atoms with Crippen LogP contribution in [0.2, 0.25) is 0 Å². The average molecular weight is 255 g/mol. The first kappa shape index (κ1) is 12.5. The van der Waals surface area contributed by atoms with E-state index in [0.29, 0.717) is 19.6 Å². The molecule has 0 radical (unpaired) electrons. The molecule has 2 amide bonds. The predicted octanol–water partition coefficient (Wildman–Crippen LogP) is 0.989. The van der Waals surface area contributed by atoms with Crippen LogP contribution in [0, 0.1) is 0 Å². The third kappa shape index (κ3) is 2.49. The molecule has 0 atom stereocenters. The summed E-state index contributed by atoms with van der Waals surface area (Å²) in [4.78, 5) is 24.2. The van der Waals surface area contributed by atoms with Crippen LogP contribution >= 0.6 is 0 Å². The van der Waals surface area contributed by atoms with Gasteiger partial charge in [-0.05, 0) is 26.3 Å². The number of ether oxygens (including phenoxy) is 1. The van der Waals surface area contributed by atoms with Crippen molar-refractivity contribution in [1.29, 1.82) is 0 Å². The molecule has 0 aliphatic carbocycles.